The van der Waals surface area contributed by atoms with Crippen molar-refractivity contribution < 1.29 is 4.74 Å². The number of rotatable bonds is 6. The van der Waals surface area contributed by atoms with Crippen molar-refractivity contribution in [2.24, 2.45) is 0 Å². The molecule has 1 atom stereocenters. The highest BCUT2D eigenvalue weighted by Crippen LogP contribution is 2.18. The molecule has 0 spiro atoms. The molecular formula is C17H22N2O. The highest BCUT2D eigenvalue weighted by molar-refractivity contribution is 5.33. The molecule has 3 heteroatoms. The first-order chi connectivity index (χ1) is 9.69. The number of methoxy groups -OCH3 is 1. The highest BCUT2D eigenvalue weighted by atomic mass is 16.5. The second-order valence-electron chi connectivity index (χ2n) is 5.12. The first-order valence-electron chi connectivity index (χ1n) is 6.96. The smallest absolute Gasteiger partial charge is 0.122 e. The van der Waals surface area contributed by atoms with Crippen LogP contribution in [0.5, 0.6) is 5.75 Å². The summed E-state index contributed by atoms with van der Waals surface area (Å²) in [6.07, 6.45) is 2.85. The van der Waals surface area contributed by atoms with E-state index in [0.29, 0.717) is 6.04 Å². The SMILES string of the molecule is COc1ccccc1CC(C)NCc1ccc(C)cn1. The maximum absolute atomic E-state index is 5.38. The van der Waals surface area contributed by atoms with Crippen LogP contribution in [-0.2, 0) is 13.0 Å². The molecule has 0 aliphatic carbocycles. The largest absolute Gasteiger partial charge is 0.496 e. The Morgan fingerprint density at radius 1 is 1.20 bits per heavy atom. The van der Waals surface area contributed by atoms with Gasteiger partial charge in [-0.3, -0.25) is 4.98 Å². The van der Waals surface area contributed by atoms with Crippen LogP contribution in [0.15, 0.2) is 42.6 Å². The van der Waals surface area contributed by atoms with Gasteiger partial charge in [-0.2, -0.15) is 0 Å². The minimum Gasteiger partial charge on any atom is -0.496 e. The van der Waals surface area contributed by atoms with Gasteiger partial charge in [0.15, 0.2) is 0 Å². The fourth-order valence-corrected chi connectivity index (χ4v) is 2.16. The Hall–Kier alpha value is -1.87. The second kappa shape index (κ2) is 7.06. The van der Waals surface area contributed by atoms with Crippen LogP contribution >= 0.6 is 0 Å². The Morgan fingerprint density at radius 3 is 2.70 bits per heavy atom. The third kappa shape index (κ3) is 4.07. The van der Waals surface area contributed by atoms with Gasteiger partial charge in [0.05, 0.1) is 12.8 Å². The third-order valence-electron chi connectivity index (χ3n) is 3.32. The van der Waals surface area contributed by atoms with Crippen LogP contribution < -0.4 is 10.1 Å². The lowest BCUT2D eigenvalue weighted by Gasteiger charge is -2.15. The zero-order valence-corrected chi connectivity index (χ0v) is 12.4. The van der Waals surface area contributed by atoms with Crippen molar-refractivity contribution in [3.05, 3.63) is 59.4 Å². The van der Waals surface area contributed by atoms with E-state index in [1.165, 1.54) is 11.1 Å². The van der Waals surface area contributed by atoms with Crippen molar-refractivity contribution in [3.8, 4) is 5.75 Å². The molecule has 1 aromatic heterocycles. The maximum Gasteiger partial charge on any atom is 0.122 e. The molecule has 106 valence electrons. The van der Waals surface area contributed by atoms with Gasteiger partial charge in [0, 0.05) is 18.8 Å². The minimum absolute atomic E-state index is 0.370. The van der Waals surface area contributed by atoms with Crippen LogP contribution in [0.1, 0.15) is 23.7 Å². The van der Waals surface area contributed by atoms with E-state index in [0.717, 1.165) is 24.4 Å². The zero-order valence-electron chi connectivity index (χ0n) is 12.4. The normalized spacial score (nSPS) is 12.2. The number of hydrogen-bond acceptors (Lipinski definition) is 3. The number of para-hydroxylation sites is 1. The van der Waals surface area contributed by atoms with Crippen LogP contribution in [0.25, 0.3) is 0 Å². The topological polar surface area (TPSA) is 34.1 Å². The molecule has 0 aliphatic rings. The first kappa shape index (κ1) is 14.5. The Bertz CT molecular complexity index is 537. The Labute approximate surface area is 121 Å². The maximum atomic E-state index is 5.38. The number of hydrogen-bond donors (Lipinski definition) is 1. The fraction of sp³-hybridized carbons (Fsp3) is 0.353. The quantitative estimate of drug-likeness (QED) is 0.875. The number of benzene rings is 1. The van der Waals surface area contributed by atoms with E-state index in [4.69, 9.17) is 4.74 Å². The van der Waals surface area contributed by atoms with Gasteiger partial charge in [-0.15, -0.1) is 0 Å². The third-order valence-corrected chi connectivity index (χ3v) is 3.32. The molecular weight excluding hydrogens is 248 g/mol. The lowest BCUT2D eigenvalue weighted by Crippen LogP contribution is -2.28. The molecule has 2 aromatic rings. The molecule has 1 heterocycles. The molecule has 0 saturated carbocycles. The molecule has 3 nitrogen and oxygen atoms in total. The summed E-state index contributed by atoms with van der Waals surface area (Å²) >= 11 is 0. The second-order valence-corrected chi connectivity index (χ2v) is 5.12. The molecule has 20 heavy (non-hydrogen) atoms. The van der Waals surface area contributed by atoms with E-state index in [2.05, 4.69) is 42.3 Å². The molecule has 1 unspecified atom stereocenters. The standard InChI is InChI=1S/C17H22N2O/c1-13-8-9-16(19-11-13)12-18-14(2)10-15-6-4-5-7-17(15)20-3/h4-9,11,14,18H,10,12H2,1-3H3. The number of aryl methyl sites for hydroxylation is 1. The predicted octanol–water partition coefficient (Wildman–Crippen LogP) is 3.12. The van der Waals surface area contributed by atoms with Crippen molar-refractivity contribution in [2.45, 2.75) is 32.9 Å². The van der Waals surface area contributed by atoms with Gasteiger partial charge in [-0.25, -0.2) is 0 Å². The molecule has 0 aliphatic heterocycles. The van der Waals surface area contributed by atoms with E-state index in [-0.39, 0.29) is 0 Å². The van der Waals surface area contributed by atoms with Crippen molar-refractivity contribution in [2.75, 3.05) is 7.11 Å². The summed E-state index contributed by atoms with van der Waals surface area (Å²) in [6.45, 7) is 5.02. The average molecular weight is 270 g/mol. The fourth-order valence-electron chi connectivity index (χ4n) is 2.16. The van der Waals surface area contributed by atoms with E-state index in [1.807, 2.05) is 24.4 Å². The van der Waals surface area contributed by atoms with Gasteiger partial charge in [0.2, 0.25) is 0 Å². The number of pyridine rings is 1. The van der Waals surface area contributed by atoms with E-state index >= 15 is 0 Å². The molecule has 1 aromatic carbocycles. The number of nitrogens with zero attached hydrogens (tertiary/aromatic N) is 1. The molecule has 0 fully saturated rings. The molecule has 0 radical (unpaired) electrons. The average Bonchev–Trinajstić information content (AvgIpc) is 2.47. The van der Waals surface area contributed by atoms with Crippen molar-refractivity contribution in [1.82, 2.24) is 10.3 Å². The molecule has 2 rings (SSSR count). The number of nitrogens with one attached hydrogen (secondary N) is 1. The predicted molar refractivity (Wildman–Crippen MR) is 82.0 cm³/mol. The van der Waals surface area contributed by atoms with E-state index in [1.54, 1.807) is 7.11 Å². The monoisotopic (exact) mass is 270 g/mol. The van der Waals surface area contributed by atoms with Crippen LogP contribution in [0.3, 0.4) is 0 Å². The summed E-state index contributed by atoms with van der Waals surface area (Å²) in [7, 11) is 1.72. The zero-order chi connectivity index (χ0) is 14.4. The number of aromatic nitrogens is 1. The van der Waals surface area contributed by atoms with E-state index < -0.39 is 0 Å². The van der Waals surface area contributed by atoms with Crippen molar-refractivity contribution in [3.63, 3.8) is 0 Å². The lowest BCUT2D eigenvalue weighted by molar-refractivity contribution is 0.406. The van der Waals surface area contributed by atoms with Gasteiger partial charge in [-0.1, -0.05) is 24.3 Å². The van der Waals surface area contributed by atoms with Gasteiger partial charge < -0.3 is 10.1 Å². The van der Waals surface area contributed by atoms with Crippen molar-refractivity contribution in [1.29, 1.82) is 0 Å². The summed E-state index contributed by atoms with van der Waals surface area (Å²) in [5.41, 5.74) is 3.49. The molecule has 0 saturated heterocycles. The Balaban J connectivity index is 1.89. The van der Waals surface area contributed by atoms with Crippen molar-refractivity contribution >= 4 is 0 Å². The molecule has 0 amide bonds. The van der Waals surface area contributed by atoms with Gasteiger partial charge >= 0.3 is 0 Å². The van der Waals surface area contributed by atoms with E-state index in [9.17, 15) is 0 Å². The molecule has 1 N–H and O–H groups in total. The summed E-state index contributed by atoms with van der Waals surface area (Å²) in [6, 6.07) is 12.7. The summed E-state index contributed by atoms with van der Waals surface area (Å²) in [5, 5.41) is 3.50. The van der Waals surface area contributed by atoms with Gasteiger partial charge in [0.25, 0.3) is 0 Å². The molecule has 0 bridgehead atoms. The lowest BCUT2D eigenvalue weighted by atomic mass is 10.1. The van der Waals surface area contributed by atoms with Crippen LogP contribution in [0, 0.1) is 6.92 Å². The van der Waals surface area contributed by atoms with Gasteiger partial charge in [0.1, 0.15) is 5.75 Å². The van der Waals surface area contributed by atoms with Gasteiger partial charge in [-0.05, 0) is 43.5 Å². The summed E-state index contributed by atoms with van der Waals surface area (Å²) in [5.74, 6) is 0.953. The summed E-state index contributed by atoms with van der Waals surface area (Å²) in [4.78, 5) is 4.40. The highest BCUT2D eigenvalue weighted by Gasteiger charge is 2.07. The van der Waals surface area contributed by atoms with Crippen LogP contribution in [0.4, 0.5) is 0 Å². The minimum atomic E-state index is 0.370. The van der Waals surface area contributed by atoms with Crippen LogP contribution in [0.2, 0.25) is 0 Å². The van der Waals surface area contributed by atoms with Crippen LogP contribution in [-0.4, -0.2) is 18.1 Å². The summed E-state index contributed by atoms with van der Waals surface area (Å²) < 4.78 is 5.38. The Kier molecular flexibility index (Phi) is 5.13. The Morgan fingerprint density at radius 2 is 2.00 bits per heavy atom. The first-order valence-corrected chi connectivity index (χ1v) is 6.96. The number of ether oxygens (including phenoxy) is 1.